The van der Waals surface area contributed by atoms with Gasteiger partial charge in [-0.25, -0.2) is 0 Å². The van der Waals surface area contributed by atoms with Crippen molar-refractivity contribution in [1.82, 2.24) is 15.1 Å². The minimum absolute atomic E-state index is 0.0730. The van der Waals surface area contributed by atoms with Gasteiger partial charge in [-0.1, -0.05) is 12.8 Å². The van der Waals surface area contributed by atoms with Crippen molar-refractivity contribution < 1.29 is 9.59 Å². The van der Waals surface area contributed by atoms with Gasteiger partial charge in [0, 0.05) is 44.6 Å². The zero-order chi connectivity index (χ0) is 15.5. The van der Waals surface area contributed by atoms with Gasteiger partial charge >= 0.3 is 0 Å². The molecule has 3 aliphatic rings. The third-order valence-corrected chi connectivity index (χ3v) is 5.75. The molecule has 2 saturated heterocycles. The maximum absolute atomic E-state index is 12.9. The zero-order valence-corrected chi connectivity index (χ0v) is 13.7. The monoisotopic (exact) mass is 307 g/mol. The molecule has 3 unspecified atom stereocenters. The molecule has 1 saturated carbocycles. The Kier molecular flexibility index (Phi) is 5.01. The Morgan fingerprint density at radius 1 is 1.00 bits per heavy atom. The van der Waals surface area contributed by atoms with Crippen molar-refractivity contribution in [3.63, 3.8) is 0 Å². The second kappa shape index (κ2) is 6.99. The van der Waals surface area contributed by atoms with E-state index >= 15 is 0 Å². The molecule has 5 heteroatoms. The van der Waals surface area contributed by atoms with Crippen molar-refractivity contribution in [3.05, 3.63) is 0 Å². The second-order valence-electron chi connectivity index (χ2n) is 7.13. The van der Waals surface area contributed by atoms with E-state index in [1.165, 1.54) is 0 Å². The van der Waals surface area contributed by atoms with E-state index in [9.17, 15) is 9.59 Å². The Bertz CT molecular complexity index is 414. The number of likely N-dealkylation sites (N-methyl/N-ethyl adjacent to an activating group) is 1. The molecule has 1 N–H and O–H groups in total. The maximum atomic E-state index is 12.9. The van der Waals surface area contributed by atoms with Crippen LogP contribution in [0.15, 0.2) is 0 Å². The van der Waals surface area contributed by atoms with Crippen LogP contribution >= 0.6 is 0 Å². The lowest BCUT2D eigenvalue weighted by molar-refractivity contribution is -0.148. The second-order valence-corrected chi connectivity index (χ2v) is 7.13. The molecule has 3 rings (SSSR count). The molecule has 5 nitrogen and oxygen atoms in total. The number of nitrogens with zero attached hydrogens (tertiary/aromatic N) is 2. The standard InChI is InChI=1S/C17H29N3O2/c1-19(13-8-9-18-12-13)16(21)14-6-2-3-7-15(14)17(22)20-10-4-5-11-20/h13-15,18H,2-12H2,1H3. The van der Waals surface area contributed by atoms with E-state index in [2.05, 4.69) is 5.32 Å². The average Bonchev–Trinajstić information content (AvgIpc) is 3.25. The first-order valence-corrected chi connectivity index (χ1v) is 8.94. The first kappa shape index (κ1) is 15.8. The minimum Gasteiger partial charge on any atom is -0.342 e. The lowest BCUT2D eigenvalue weighted by atomic mass is 9.77. The van der Waals surface area contributed by atoms with Crippen LogP contribution in [0.25, 0.3) is 0 Å². The van der Waals surface area contributed by atoms with E-state index < -0.39 is 0 Å². The summed E-state index contributed by atoms with van der Waals surface area (Å²) in [6.07, 6.45) is 7.20. The number of nitrogens with one attached hydrogen (secondary N) is 1. The summed E-state index contributed by atoms with van der Waals surface area (Å²) in [5, 5.41) is 3.32. The van der Waals surface area contributed by atoms with Gasteiger partial charge in [0.15, 0.2) is 0 Å². The number of carbonyl (C=O) groups excluding carboxylic acids is 2. The van der Waals surface area contributed by atoms with E-state index in [0.717, 1.165) is 71.1 Å². The quantitative estimate of drug-likeness (QED) is 0.853. The summed E-state index contributed by atoms with van der Waals surface area (Å²) < 4.78 is 0. The molecule has 2 amide bonds. The Hall–Kier alpha value is -1.10. The van der Waals surface area contributed by atoms with Crippen LogP contribution in [0.2, 0.25) is 0 Å². The van der Waals surface area contributed by atoms with Crippen LogP contribution < -0.4 is 5.32 Å². The summed E-state index contributed by atoms with van der Waals surface area (Å²) in [7, 11) is 1.92. The molecule has 2 heterocycles. The van der Waals surface area contributed by atoms with Crippen LogP contribution in [0.1, 0.15) is 44.9 Å². The molecule has 0 aromatic rings. The SMILES string of the molecule is CN(C(=O)C1CCCCC1C(=O)N1CCCC1)C1CCNC1. The maximum Gasteiger partial charge on any atom is 0.226 e. The van der Waals surface area contributed by atoms with Crippen LogP contribution in [-0.2, 0) is 9.59 Å². The van der Waals surface area contributed by atoms with Crippen molar-refractivity contribution in [3.8, 4) is 0 Å². The number of carbonyl (C=O) groups is 2. The minimum atomic E-state index is -0.0903. The van der Waals surface area contributed by atoms with Crippen molar-refractivity contribution in [2.45, 2.75) is 51.0 Å². The van der Waals surface area contributed by atoms with E-state index in [1.807, 2.05) is 16.8 Å². The van der Waals surface area contributed by atoms with Gasteiger partial charge in [0.1, 0.15) is 0 Å². The fourth-order valence-corrected chi connectivity index (χ4v) is 4.31. The van der Waals surface area contributed by atoms with Crippen LogP contribution in [-0.4, -0.2) is 60.9 Å². The summed E-state index contributed by atoms with van der Waals surface area (Å²) in [6, 6.07) is 0.303. The van der Waals surface area contributed by atoms with Gasteiger partial charge in [0.05, 0.1) is 0 Å². The van der Waals surface area contributed by atoms with Crippen molar-refractivity contribution in [2.75, 3.05) is 33.2 Å². The molecule has 0 spiro atoms. The van der Waals surface area contributed by atoms with Crippen LogP contribution in [0, 0.1) is 11.8 Å². The molecule has 0 radical (unpaired) electrons. The van der Waals surface area contributed by atoms with Crippen molar-refractivity contribution >= 4 is 11.8 Å². The van der Waals surface area contributed by atoms with Crippen LogP contribution in [0.5, 0.6) is 0 Å². The summed E-state index contributed by atoms with van der Waals surface area (Å²) >= 11 is 0. The van der Waals surface area contributed by atoms with Gasteiger partial charge in [-0.2, -0.15) is 0 Å². The largest absolute Gasteiger partial charge is 0.342 e. The fraction of sp³-hybridized carbons (Fsp3) is 0.882. The van der Waals surface area contributed by atoms with Gasteiger partial charge in [0.25, 0.3) is 0 Å². The summed E-state index contributed by atoms with van der Waals surface area (Å²) in [6.45, 7) is 3.65. The van der Waals surface area contributed by atoms with E-state index in [0.29, 0.717) is 6.04 Å². The normalized spacial score (nSPS) is 32.2. The number of rotatable bonds is 3. The number of likely N-dealkylation sites (tertiary alicyclic amines) is 1. The van der Waals surface area contributed by atoms with E-state index in [1.54, 1.807) is 0 Å². The van der Waals surface area contributed by atoms with E-state index in [4.69, 9.17) is 0 Å². The molecule has 0 bridgehead atoms. The van der Waals surface area contributed by atoms with Crippen molar-refractivity contribution in [1.29, 1.82) is 0 Å². The van der Waals surface area contributed by atoms with Gasteiger partial charge < -0.3 is 15.1 Å². The lowest BCUT2D eigenvalue weighted by Gasteiger charge is -2.36. The molecular weight excluding hydrogens is 278 g/mol. The number of amides is 2. The average molecular weight is 307 g/mol. The topological polar surface area (TPSA) is 52.7 Å². The molecule has 3 atom stereocenters. The highest BCUT2D eigenvalue weighted by Crippen LogP contribution is 2.34. The Labute approximate surface area is 133 Å². The molecule has 1 aliphatic carbocycles. The van der Waals surface area contributed by atoms with Gasteiger partial charge in [0.2, 0.25) is 11.8 Å². The summed E-state index contributed by atoms with van der Waals surface area (Å²) in [5.74, 6) is 0.281. The molecule has 0 aromatic carbocycles. The third kappa shape index (κ3) is 3.14. The highest BCUT2D eigenvalue weighted by molar-refractivity contribution is 5.88. The lowest BCUT2D eigenvalue weighted by Crippen LogP contribution is -2.48. The van der Waals surface area contributed by atoms with Gasteiger partial charge in [-0.15, -0.1) is 0 Å². The molecule has 3 fully saturated rings. The third-order valence-electron chi connectivity index (χ3n) is 5.75. The smallest absolute Gasteiger partial charge is 0.226 e. The predicted molar refractivity (Wildman–Crippen MR) is 85.3 cm³/mol. The fourth-order valence-electron chi connectivity index (χ4n) is 4.31. The Morgan fingerprint density at radius 3 is 2.32 bits per heavy atom. The molecular formula is C17H29N3O2. The van der Waals surface area contributed by atoms with Crippen LogP contribution in [0.4, 0.5) is 0 Å². The predicted octanol–water partition coefficient (Wildman–Crippen LogP) is 1.24. The first-order chi connectivity index (χ1) is 10.7. The number of hydrogen-bond acceptors (Lipinski definition) is 3. The highest BCUT2D eigenvalue weighted by Gasteiger charge is 2.40. The molecule has 0 aromatic heterocycles. The van der Waals surface area contributed by atoms with Gasteiger partial charge in [-0.3, -0.25) is 9.59 Å². The first-order valence-electron chi connectivity index (χ1n) is 8.94. The molecule has 2 aliphatic heterocycles. The van der Waals surface area contributed by atoms with Crippen LogP contribution in [0.3, 0.4) is 0 Å². The van der Waals surface area contributed by atoms with E-state index in [-0.39, 0.29) is 23.7 Å². The Balaban J connectivity index is 1.68. The molecule has 22 heavy (non-hydrogen) atoms. The summed E-state index contributed by atoms with van der Waals surface area (Å²) in [5.41, 5.74) is 0. The zero-order valence-electron chi connectivity index (χ0n) is 13.7. The van der Waals surface area contributed by atoms with Gasteiger partial charge in [-0.05, 0) is 38.6 Å². The summed E-state index contributed by atoms with van der Waals surface area (Å²) in [4.78, 5) is 29.7. The molecule has 124 valence electrons. The highest BCUT2D eigenvalue weighted by atomic mass is 16.2. The Morgan fingerprint density at radius 2 is 1.68 bits per heavy atom. The number of hydrogen-bond donors (Lipinski definition) is 1. The van der Waals surface area contributed by atoms with Crippen molar-refractivity contribution in [2.24, 2.45) is 11.8 Å².